The van der Waals surface area contributed by atoms with Gasteiger partial charge in [-0.3, -0.25) is 4.79 Å². The average molecular weight is 281 g/mol. The molecule has 0 saturated heterocycles. The van der Waals surface area contributed by atoms with Crippen molar-refractivity contribution in [1.82, 2.24) is 15.3 Å². The van der Waals surface area contributed by atoms with Crippen LogP contribution in [0.1, 0.15) is 27.5 Å². The number of fused-ring (bicyclic) bond motifs is 1. The summed E-state index contributed by atoms with van der Waals surface area (Å²) in [7, 11) is 0. The third-order valence-corrected chi connectivity index (χ3v) is 3.34. The van der Waals surface area contributed by atoms with Crippen LogP contribution in [0.3, 0.4) is 0 Å². The number of hydrogen-bond donors (Lipinski definition) is 1. The normalized spacial score (nSPS) is 10.8. The van der Waals surface area contributed by atoms with Crippen LogP contribution in [0, 0.1) is 13.8 Å². The SMILES string of the molecule is Cc1nc2ccc(C(=O)NCc3ccco3)cc2nc1C. The van der Waals surface area contributed by atoms with E-state index < -0.39 is 0 Å². The zero-order chi connectivity index (χ0) is 14.8. The highest BCUT2D eigenvalue weighted by molar-refractivity contribution is 5.97. The molecule has 2 aromatic heterocycles. The van der Waals surface area contributed by atoms with Crippen LogP contribution < -0.4 is 5.32 Å². The molecule has 0 bridgehead atoms. The van der Waals surface area contributed by atoms with Crippen molar-refractivity contribution in [2.24, 2.45) is 0 Å². The van der Waals surface area contributed by atoms with E-state index in [4.69, 9.17) is 4.42 Å². The number of hydrogen-bond acceptors (Lipinski definition) is 4. The first kappa shape index (κ1) is 13.3. The summed E-state index contributed by atoms with van der Waals surface area (Å²) in [5.74, 6) is 0.559. The van der Waals surface area contributed by atoms with Crippen molar-refractivity contribution < 1.29 is 9.21 Å². The molecule has 0 atom stereocenters. The molecule has 2 heterocycles. The summed E-state index contributed by atoms with van der Waals surface area (Å²) < 4.78 is 5.18. The van der Waals surface area contributed by atoms with E-state index in [1.54, 1.807) is 24.5 Å². The van der Waals surface area contributed by atoms with Crippen molar-refractivity contribution in [3.63, 3.8) is 0 Å². The van der Waals surface area contributed by atoms with Crippen LogP contribution >= 0.6 is 0 Å². The largest absolute Gasteiger partial charge is 0.467 e. The molecule has 0 aliphatic rings. The van der Waals surface area contributed by atoms with Gasteiger partial charge in [0.2, 0.25) is 0 Å². The van der Waals surface area contributed by atoms with Gasteiger partial charge in [0.1, 0.15) is 5.76 Å². The second-order valence-electron chi connectivity index (χ2n) is 4.86. The number of carbonyl (C=O) groups excluding carboxylic acids is 1. The van der Waals surface area contributed by atoms with E-state index in [1.807, 2.05) is 26.0 Å². The Morgan fingerprint density at radius 3 is 2.62 bits per heavy atom. The second-order valence-corrected chi connectivity index (χ2v) is 4.86. The quantitative estimate of drug-likeness (QED) is 0.801. The Labute approximate surface area is 122 Å². The molecule has 1 N–H and O–H groups in total. The summed E-state index contributed by atoms with van der Waals surface area (Å²) in [6.45, 7) is 4.19. The summed E-state index contributed by atoms with van der Waals surface area (Å²) in [4.78, 5) is 21.1. The van der Waals surface area contributed by atoms with Gasteiger partial charge in [-0.2, -0.15) is 0 Å². The predicted octanol–water partition coefficient (Wildman–Crippen LogP) is 2.77. The van der Waals surface area contributed by atoms with Crippen LogP contribution in [0.25, 0.3) is 11.0 Å². The zero-order valence-corrected chi connectivity index (χ0v) is 11.9. The number of aryl methyl sites for hydroxylation is 2. The average Bonchev–Trinajstić information content (AvgIpc) is 2.99. The Morgan fingerprint density at radius 2 is 1.90 bits per heavy atom. The number of benzene rings is 1. The van der Waals surface area contributed by atoms with Gasteiger partial charge in [0.25, 0.3) is 5.91 Å². The topological polar surface area (TPSA) is 68.0 Å². The molecular formula is C16H15N3O2. The number of rotatable bonds is 3. The van der Waals surface area contributed by atoms with Crippen LogP contribution in [0.2, 0.25) is 0 Å². The number of nitrogens with one attached hydrogen (secondary N) is 1. The highest BCUT2D eigenvalue weighted by Gasteiger charge is 2.09. The lowest BCUT2D eigenvalue weighted by molar-refractivity contribution is 0.0948. The maximum Gasteiger partial charge on any atom is 0.251 e. The monoisotopic (exact) mass is 281 g/mol. The fourth-order valence-corrected chi connectivity index (χ4v) is 2.05. The Hall–Kier alpha value is -2.69. The van der Waals surface area contributed by atoms with Gasteiger partial charge < -0.3 is 9.73 Å². The van der Waals surface area contributed by atoms with Crippen molar-refractivity contribution in [1.29, 1.82) is 0 Å². The molecule has 0 aliphatic heterocycles. The summed E-state index contributed by atoms with van der Waals surface area (Å²) in [6.07, 6.45) is 1.58. The molecule has 5 heteroatoms. The Kier molecular flexibility index (Phi) is 3.39. The number of furan rings is 1. The van der Waals surface area contributed by atoms with Gasteiger partial charge in [-0.1, -0.05) is 0 Å². The molecule has 3 rings (SSSR count). The van der Waals surface area contributed by atoms with Gasteiger partial charge in [-0.25, -0.2) is 9.97 Å². The first-order valence-corrected chi connectivity index (χ1v) is 6.69. The van der Waals surface area contributed by atoms with Gasteiger partial charge in [-0.05, 0) is 44.2 Å². The molecule has 0 radical (unpaired) electrons. The van der Waals surface area contributed by atoms with E-state index in [-0.39, 0.29) is 5.91 Å². The molecule has 1 amide bonds. The first-order valence-electron chi connectivity index (χ1n) is 6.69. The molecule has 5 nitrogen and oxygen atoms in total. The van der Waals surface area contributed by atoms with Crippen LogP contribution in [0.5, 0.6) is 0 Å². The molecule has 3 aromatic rings. The molecule has 0 spiro atoms. The number of nitrogens with zero attached hydrogens (tertiary/aromatic N) is 2. The van der Waals surface area contributed by atoms with Gasteiger partial charge in [0.05, 0.1) is 35.2 Å². The first-order chi connectivity index (χ1) is 10.1. The third kappa shape index (κ3) is 2.76. The van der Waals surface area contributed by atoms with Crippen LogP contribution in [0.15, 0.2) is 41.0 Å². The minimum absolute atomic E-state index is 0.159. The molecule has 21 heavy (non-hydrogen) atoms. The Bertz CT molecular complexity index is 795. The lowest BCUT2D eigenvalue weighted by Crippen LogP contribution is -2.22. The van der Waals surface area contributed by atoms with Crippen LogP contribution in [-0.4, -0.2) is 15.9 Å². The van der Waals surface area contributed by atoms with Crippen LogP contribution in [0.4, 0.5) is 0 Å². The van der Waals surface area contributed by atoms with E-state index in [9.17, 15) is 4.79 Å². The van der Waals surface area contributed by atoms with E-state index in [0.717, 1.165) is 28.2 Å². The van der Waals surface area contributed by atoms with E-state index >= 15 is 0 Å². The Balaban J connectivity index is 1.83. The van der Waals surface area contributed by atoms with Crippen molar-refractivity contribution in [3.05, 3.63) is 59.3 Å². The molecule has 0 aliphatic carbocycles. The molecule has 0 unspecified atom stereocenters. The summed E-state index contributed by atoms with van der Waals surface area (Å²) >= 11 is 0. The maximum absolute atomic E-state index is 12.1. The van der Waals surface area contributed by atoms with Crippen molar-refractivity contribution >= 4 is 16.9 Å². The molecule has 0 fully saturated rings. The fraction of sp³-hybridized carbons (Fsp3) is 0.188. The van der Waals surface area contributed by atoms with Crippen molar-refractivity contribution in [2.75, 3.05) is 0 Å². The Morgan fingerprint density at radius 1 is 1.14 bits per heavy atom. The van der Waals surface area contributed by atoms with Gasteiger partial charge in [0, 0.05) is 5.56 Å². The number of aromatic nitrogens is 2. The molecule has 0 saturated carbocycles. The predicted molar refractivity (Wildman–Crippen MR) is 78.9 cm³/mol. The van der Waals surface area contributed by atoms with Gasteiger partial charge in [0.15, 0.2) is 0 Å². The summed E-state index contributed by atoms with van der Waals surface area (Å²) in [5, 5.41) is 2.81. The van der Waals surface area contributed by atoms with Gasteiger partial charge in [-0.15, -0.1) is 0 Å². The fourth-order valence-electron chi connectivity index (χ4n) is 2.05. The molecule has 106 valence electrons. The lowest BCUT2D eigenvalue weighted by atomic mass is 10.1. The lowest BCUT2D eigenvalue weighted by Gasteiger charge is -2.06. The van der Waals surface area contributed by atoms with E-state index in [0.29, 0.717) is 12.1 Å². The van der Waals surface area contributed by atoms with Crippen molar-refractivity contribution in [3.8, 4) is 0 Å². The molecule has 1 aromatic carbocycles. The van der Waals surface area contributed by atoms with Gasteiger partial charge >= 0.3 is 0 Å². The number of carbonyl (C=O) groups is 1. The minimum Gasteiger partial charge on any atom is -0.467 e. The molecular weight excluding hydrogens is 266 g/mol. The second kappa shape index (κ2) is 5.36. The highest BCUT2D eigenvalue weighted by atomic mass is 16.3. The van der Waals surface area contributed by atoms with E-state index in [1.165, 1.54) is 0 Å². The highest BCUT2D eigenvalue weighted by Crippen LogP contribution is 2.14. The standard InChI is InChI=1S/C16H15N3O2/c1-10-11(2)19-15-8-12(5-6-14(15)18-10)16(20)17-9-13-4-3-7-21-13/h3-8H,9H2,1-2H3,(H,17,20). The van der Waals surface area contributed by atoms with Crippen molar-refractivity contribution in [2.45, 2.75) is 20.4 Å². The zero-order valence-electron chi connectivity index (χ0n) is 11.9. The smallest absolute Gasteiger partial charge is 0.251 e. The van der Waals surface area contributed by atoms with Crippen LogP contribution in [-0.2, 0) is 6.54 Å². The summed E-state index contributed by atoms with van der Waals surface area (Å²) in [5.41, 5.74) is 3.85. The third-order valence-electron chi connectivity index (χ3n) is 3.34. The number of amides is 1. The summed E-state index contributed by atoms with van der Waals surface area (Å²) in [6, 6.07) is 8.93. The van der Waals surface area contributed by atoms with E-state index in [2.05, 4.69) is 15.3 Å². The minimum atomic E-state index is -0.159. The maximum atomic E-state index is 12.1.